The molecule has 2 fully saturated rings. The second-order valence-corrected chi connectivity index (χ2v) is 7.05. The van der Waals surface area contributed by atoms with E-state index in [0.717, 1.165) is 25.9 Å². The lowest BCUT2D eigenvalue weighted by Gasteiger charge is -2.31. The number of benzene rings is 1. The van der Waals surface area contributed by atoms with Crippen molar-refractivity contribution in [2.24, 2.45) is 11.8 Å². The Morgan fingerprint density at radius 1 is 1.23 bits per heavy atom. The van der Waals surface area contributed by atoms with Gasteiger partial charge in [-0.3, -0.25) is 9.59 Å². The quantitative estimate of drug-likeness (QED) is 0.821. The second kappa shape index (κ2) is 9.88. The molecule has 0 saturated carbocycles. The molecule has 0 aliphatic carbocycles. The van der Waals surface area contributed by atoms with Gasteiger partial charge >= 0.3 is 0 Å². The van der Waals surface area contributed by atoms with Gasteiger partial charge in [0.05, 0.1) is 0 Å². The first-order valence-electron chi connectivity index (χ1n) is 9.17. The van der Waals surface area contributed by atoms with Crippen molar-refractivity contribution in [3.05, 3.63) is 30.1 Å². The molecule has 2 N–H and O–H groups in total. The first kappa shape index (κ1) is 20.6. The van der Waals surface area contributed by atoms with E-state index >= 15 is 0 Å². The Bertz CT molecular complexity index is 615. The van der Waals surface area contributed by atoms with Gasteiger partial charge in [0.1, 0.15) is 5.82 Å². The number of carbonyl (C=O) groups is 2. The lowest BCUT2D eigenvalue weighted by Crippen LogP contribution is -2.41. The maximum Gasteiger partial charge on any atom is 0.227 e. The first-order chi connectivity index (χ1) is 12.1. The van der Waals surface area contributed by atoms with Crippen molar-refractivity contribution in [3.63, 3.8) is 0 Å². The minimum Gasteiger partial charge on any atom is -0.343 e. The molecule has 0 radical (unpaired) electrons. The number of nitrogens with zero attached hydrogens (tertiary/aromatic N) is 1. The number of amides is 2. The Morgan fingerprint density at radius 2 is 2.00 bits per heavy atom. The Hall–Kier alpha value is -1.66. The molecule has 1 aromatic carbocycles. The maximum absolute atomic E-state index is 13.2. The van der Waals surface area contributed by atoms with E-state index in [1.807, 2.05) is 4.90 Å². The molecule has 2 aliphatic rings. The van der Waals surface area contributed by atoms with Gasteiger partial charge in [0.25, 0.3) is 0 Å². The van der Waals surface area contributed by atoms with Gasteiger partial charge in [0.15, 0.2) is 0 Å². The molecule has 7 heteroatoms. The van der Waals surface area contributed by atoms with E-state index in [1.165, 1.54) is 12.1 Å². The lowest BCUT2D eigenvalue weighted by molar-refractivity contribution is -0.134. The third-order valence-corrected chi connectivity index (χ3v) is 5.24. The Morgan fingerprint density at radius 3 is 2.65 bits per heavy atom. The van der Waals surface area contributed by atoms with Crippen molar-refractivity contribution in [2.45, 2.75) is 32.1 Å². The number of hydrogen-bond donors (Lipinski definition) is 2. The molecule has 2 aliphatic heterocycles. The molecule has 2 amide bonds. The lowest BCUT2D eigenvalue weighted by atomic mass is 9.95. The van der Waals surface area contributed by atoms with Gasteiger partial charge in [-0.25, -0.2) is 4.39 Å². The highest BCUT2D eigenvalue weighted by Crippen LogP contribution is 2.22. The molecular weight excluding hydrogens is 357 g/mol. The smallest absolute Gasteiger partial charge is 0.227 e. The minimum atomic E-state index is -0.365. The van der Waals surface area contributed by atoms with Crippen molar-refractivity contribution in [2.75, 3.05) is 31.5 Å². The summed E-state index contributed by atoms with van der Waals surface area (Å²) in [4.78, 5) is 26.5. The fourth-order valence-electron chi connectivity index (χ4n) is 3.65. The molecule has 0 aromatic heterocycles. The number of carbonyl (C=O) groups excluding carboxylic acids is 2. The monoisotopic (exact) mass is 383 g/mol. The molecule has 1 atom stereocenters. The van der Waals surface area contributed by atoms with Crippen LogP contribution in [0, 0.1) is 17.7 Å². The van der Waals surface area contributed by atoms with Crippen molar-refractivity contribution in [1.82, 2.24) is 10.2 Å². The summed E-state index contributed by atoms with van der Waals surface area (Å²) in [5, 5.41) is 6.09. The van der Waals surface area contributed by atoms with Crippen molar-refractivity contribution in [3.8, 4) is 0 Å². The summed E-state index contributed by atoms with van der Waals surface area (Å²) in [5.74, 6) is 0.256. The van der Waals surface area contributed by atoms with E-state index in [2.05, 4.69) is 10.6 Å². The normalized spacial score (nSPS) is 20.5. The van der Waals surface area contributed by atoms with Gasteiger partial charge < -0.3 is 15.5 Å². The molecular formula is C19H27ClFN3O2. The molecule has 1 aromatic rings. The van der Waals surface area contributed by atoms with Crippen LogP contribution in [0.25, 0.3) is 0 Å². The maximum atomic E-state index is 13.2. The molecule has 1 unspecified atom stereocenters. The molecule has 2 saturated heterocycles. The number of piperidine rings is 1. The zero-order chi connectivity index (χ0) is 17.6. The largest absolute Gasteiger partial charge is 0.343 e. The van der Waals surface area contributed by atoms with Gasteiger partial charge in [-0.2, -0.15) is 0 Å². The number of halogens is 2. The summed E-state index contributed by atoms with van der Waals surface area (Å²) in [6.45, 7) is 3.34. The number of rotatable bonds is 5. The predicted molar refractivity (Wildman–Crippen MR) is 102 cm³/mol. The van der Waals surface area contributed by atoms with Crippen LogP contribution in [0.5, 0.6) is 0 Å². The van der Waals surface area contributed by atoms with Crippen LogP contribution in [-0.2, 0) is 9.59 Å². The van der Waals surface area contributed by atoms with Crippen LogP contribution < -0.4 is 10.6 Å². The van der Waals surface area contributed by atoms with Gasteiger partial charge in [-0.05, 0) is 62.9 Å². The van der Waals surface area contributed by atoms with E-state index in [-0.39, 0.29) is 36.0 Å². The number of anilines is 1. The van der Waals surface area contributed by atoms with E-state index in [0.29, 0.717) is 44.0 Å². The Labute approximate surface area is 160 Å². The zero-order valence-electron chi connectivity index (χ0n) is 14.9. The van der Waals surface area contributed by atoms with E-state index in [4.69, 9.17) is 0 Å². The highest BCUT2D eigenvalue weighted by molar-refractivity contribution is 5.92. The van der Waals surface area contributed by atoms with Crippen LogP contribution in [0.1, 0.15) is 32.1 Å². The minimum absolute atomic E-state index is 0. The summed E-state index contributed by atoms with van der Waals surface area (Å²) in [6.07, 6.45) is 4.05. The number of nitrogens with one attached hydrogen (secondary N) is 2. The number of likely N-dealkylation sites (tertiary alicyclic amines) is 1. The first-order valence-corrected chi connectivity index (χ1v) is 9.17. The molecule has 26 heavy (non-hydrogen) atoms. The van der Waals surface area contributed by atoms with Gasteiger partial charge in [0, 0.05) is 31.1 Å². The van der Waals surface area contributed by atoms with Crippen molar-refractivity contribution < 1.29 is 14.0 Å². The third kappa shape index (κ3) is 5.68. The van der Waals surface area contributed by atoms with Crippen molar-refractivity contribution >= 4 is 29.9 Å². The van der Waals surface area contributed by atoms with E-state index < -0.39 is 0 Å². The summed E-state index contributed by atoms with van der Waals surface area (Å²) in [6, 6.07) is 5.92. The van der Waals surface area contributed by atoms with E-state index in [1.54, 1.807) is 12.1 Å². The van der Waals surface area contributed by atoms with Crippen LogP contribution in [0.2, 0.25) is 0 Å². The Kier molecular flexibility index (Phi) is 7.85. The van der Waals surface area contributed by atoms with Crippen LogP contribution >= 0.6 is 12.4 Å². The van der Waals surface area contributed by atoms with Gasteiger partial charge in [0.2, 0.25) is 11.8 Å². The molecule has 5 nitrogen and oxygen atoms in total. The number of hydrogen-bond acceptors (Lipinski definition) is 3. The van der Waals surface area contributed by atoms with Crippen molar-refractivity contribution in [1.29, 1.82) is 0 Å². The average molecular weight is 384 g/mol. The van der Waals surface area contributed by atoms with E-state index in [9.17, 15) is 14.0 Å². The van der Waals surface area contributed by atoms with Crippen LogP contribution in [-0.4, -0.2) is 42.9 Å². The summed E-state index contributed by atoms with van der Waals surface area (Å²) in [7, 11) is 0. The third-order valence-electron chi connectivity index (χ3n) is 5.24. The van der Waals surface area contributed by atoms with Gasteiger partial charge in [-0.1, -0.05) is 6.07 Å². The highest BCUT2D eigenvalue weighted by Gasteiger charge is 2.27. The molecule has 3 rings (SSSR count). The fraction of sp³-hybridized carbons (Fsp3) is 0.579. The fourth-order valence-corrected chi connectivity index (χ4v) is 3.65. The predicted octanol–water partition coefficient (Wildman–Crippen LogP) is 2.81. The average Bonchev–Trinajstić information content (AvgIpc) is 3.13. The summed E-state index contributed by atoms with van der Waals surface area (Å²) < 4.78 is 13.2. The molecule has 2 heterocycles. The van der Waals surface area contributed by atoms with Crippen LogP contribution in [0.4, 0.5) is 10.1 Å². The molecule has 0 bridgehead atoms. The van der Waals surface area contributed by atoms with Gasteiger partial charge in [-0.15, -0.1) is 12.4 Å². The molecule has 144 valence electrons. The van der Waals surface area contributed by atoms with Crippen LogP contribution in [0.3, 0.4) is 0 Å². The summed E-state index contributed by atoms with van der Waals surface area (Å²) >= 11 is 0. The standard InChI is InChI=1S/C19H26FN3O2.ClH/c20-16-2-1-3-17(12-16)22-19(25)15-7-10-23(11-8-15)18(24)5-4-14-6-9-21-13-14;/h1-3,12,14-15,21H,4-11,13H2,(H,22,25);1H. The van der Waals surface area contributed by atoms with Crippen LogP contribution in [0.15, 0.2) is 24.3 Å². The topological polar surface area (TPSA) is 61.4 Å². The summed E-state index contributed by atoms with van der Waals surface area (Å²) in [5.41, 5.74) is 0.480. The zero-order valence-corrected chi connectivity index (χ0v) is 15.7. The Balaban J connectivity index is 0.00000243. The highest BCUT2D eigenvalue weighted by atomic mass is 35.5. The SMILES string of the molecule is Cl.O=C(Nc1cccc(F)c1)C1CCN(C(=O)CCC2CCNC2)CC1. The second-order valence-electron chi connectivity index (χ2n) is 7.05. The molecule has 0 spiro atoms.